The number of para-hydroxylation sites is 1. The zero-order chi connectivity index (χ0) is 25.8. The summed E-state index contributed by atoms with van der Waals surface area (Å²) in [5, 5.41) is 1.95. The van der Waals surface area contributed by atoms with E-state index in [1.54, 1.807) is 23.5 Å². The fourth-order valence-corrected chi connectivity index (χ4v) is 5.72. The van der Waals surface area contributed by atoms with Crippen molar-refractivity contribution in [3.8, 4) is 11.1 Å². The maximum Gasteiger partial charge on any atom is 0.405 e. The van der Waals surface area contributed by atoms with Crippen molar-refractivity contribution in [2.24, 2.45) is 5.73 Å². The van der Waals surface area contributed by atoms with Crippen molar-refractivity contribution in [2.75, 3.05) is 24.5 Å². The average molecular weight is 504 g/mol. The molecule has 1 atom stereocenters. The van der Waals surface area contributed by atoms with E-state index in [0.29, 0.717) is 11.4 Å². The minimum absolute atomic E-state index is 0.0265. The van der Waals surface area contributed by atoms with Crippen LogP contribution in [0.3, 0.4) is 0 Å². The first-order valence-electron chi connectivity index (χ1n) is 12.0. The molecule has 1 saturated heterocycles. The molecule has 2 N–H and O–H groups in total. The lowest BCUT2D eigenvalue weighted by Gasteiger charge is -2.50. The molecule has 2 aliphatic rings. The Morgan fingerprint density at radius 1 is 1.00 bits per heavy atom. The number of carbonyl (C=O) groups excluding carboxylic acids is 1. The molecule has 2 aliphatic heterocycles. The average Bonchev–Trinajstić information content (AvgIpc) is 3.12. The Labute approximate surface area is 211 Å². The molecule has 1 spiro atoms. The van der Waals surface area contributed by atoms with Gasteiger partial charge in [-0.3, -0.25) is 19.7 Å². The Bertz CT molecular complexity index is 1480. The quantitative estimate of drug-likeness (QED) is 0.440. The monoisotopic (exact) mass is 503 g/mol. The molecule has 4 heterocycles. The standard InChI is InChI=1S/C28H24F3N5O/c29-28(30,31)24(12-32)35-16-27(17-35)21-9-3-4-10-23(21)36(26(27)37)15-22-25(19-7-5-11-33-13-19)20-8-2-1-6-18(20)14-34-22/h1-11,13-14,24H,12,15-17,32H2. The first-order chi connectivity index (χ1) is 17.8. The van der Waals surface area contributed by atoms with Gasteiger partial charge in [0.05, 0.1) is 12.2 Å². The van der Waals surface area contributed by atoms with Gasteiger partial charge in [-0.05, 0) is 23.1 Å². The van der Waals surface area contributed by atoms with Crippen molar-refractivity contribution < 1.29 is 18.0 Å². The number of fused-ring (bicyclic) bond motifs is 3. The number of carbonyl (C=O) groups is 1. The molecule has 4 aromatic rings. The van der Waals surface area contributed by atoms with Gasteiger partial charge in [0.15, 0.2) is 0 Å². The number of hydrogen-bond donors (Lipinski definition) is 1. The van der Waals surface area contributed by atoms with Gasteiger partial charge in [0.2, 0.25) is 5.91 Å². The summed E-state index contributed by atoms with van der Waals surface area (Å²) < 4.78 is 40.6. The fourth-order valence-electron chi connectivity index (χ4n) is 5.72. The zero-order valence-electron chi connectivity index (χ0n) is 19.8. The summed E-state index contributed by atoms with van der Waals surface area (Å²) in [4.78, 5) is 25.9. The van der Waals surface area contributed by atoms with E-state index in [1.807, 2.05) is 60.7 Å². The Balaban J connectivity index is 1.40. The minimum atomic E-state index is -4.45. The van der Waals surface area contributed by atoms with Crippen LogP contribution in [0.5, 0.6) is 0 Å². The highest BCUT2D eigenvalue weighted by Crippen LogP contribution is 2.49. The van der Waals surface area contributed by atoms with E-state index in [0.717, 1.165) is 27.5 Å². The Morgan fingerprint density at radius 3 is 2.49 bits per heavy atom. The third-order valence-electron chi connectivity index (χ3n) is 7.49. The lowest BCUT2D eigenvalue weighted by molar-refractivity contribution is -0.199. The first-order valence-corrected chi connectivity index (χ1v) is 12.0. The van der Waals surface area contributed by atoms with E-state index < -0.39 is 24.2 Å². The smallest absolute Gasteiger partial charge is 0.329 e. The number of nitrogens with zero attached hydrogens (tertiary/aromatic N) is 4. The van der Waals surface area contributed by atoms with Crippen molar-refractivity contribution in [3.63, 3.8) is 0 Å². The summed E-state index contributed by atoms with van der Waals surface area (Å²) in [7, 11) is 0. The molecular weight excluding hydrogens is 479 g/mol. The number of rotatable bonds is 5. The van der Waals surface area contributed by atoms with Crippen LogP contribution in [0, 0.1) is 0 Å². The van der Waals surface area contributed by atoms with Crippen LogP contribution in [0.4, 0.5) is 18.9 Å². The zero-order valence-corrected chi connectivity index (χ0v) is 19.8. The fraction of sp³-hybridized carbons (Fsp3) is 0.250. The number of likely N-dealkylation sites (tertiary alicyclic amines) is 1. The molecule has 1 fully saturated rings. The highest BCUT2D eigenvalue weighted by molar-refractivity contribution is 6.09. The summed E-state index contributed by atoms with van der Waals surface area (Å²) in [6.07, 6.45) is 0.795. The molecule has 6 rings (SSSR count). The number of hydrogen-bond acceptors (Lipinski definition) is 5. The van der Waals surface area contributed by atoms with Crippen LogP contribution in [0.1, 0.15) is 11.3 Å². The van der Waals surface area contributed by atoms with Gasteiger partial charge in [-0.2, -0.15) is 13.2 Å². The predicted molar refractivity (Wildman–Crippen MR) is 135 cm³/mol. The van der Waals surface area contributed by atoms with Gasteiger partial charge in [-0.15, -0.1) is 0 Å². The minimum Gasteiger partial charge on any atom is -0.329 e. The number of halogens is 3. The summed E-state index contributed by atoms with van der Waals surface area (Å²) in [5.74, 6) is -0.213. The van der Waals surface area contributed by atoms with Crippen molar-refractivity contribution in [3.05, 3.63) is 90.5 Å². The topological polar surface area (TPSA) is 75.3 Å². The molecule has 0 bridgehead atoms. The largest absolute Gasteiger partial charge is 0.405 e. The number of alkyl halides is 3. The summed E-state index contributed by atoms with van der Waals surface area (Å²) in [6.45, 7) is -0.413. The highest BCUT2D eigenvalue weighted by Gasteiger charge is 2.61. The lowest BCUT2D eigenvalue weighted by atomic mass is 9.73. The molecule has 188 valence electrons. The van der Waals surface area contributed by atoms with Crippen molar-refractivity contribution in [1.82, 2.24) is 14.9 Å². The molecular formula is C28H24F3N5O. The molecule has 2 aromatic heterocycles. The van der Waals surface area contributed by atoms with E-state index in [9.17, 15) is 18.0 Å². The van der Waals surface area contributed by atoms with Gasteiger partial charge in [0.1, 0.15) is 11.5 Å². The Kier molecular flexibility index (Phi) is 5.50. The number of anilines is 1. The lowest BCUT2D eigenvalue weighted by Crippen LogP contribution is -2.69. The molecule has 37 heavy (non-hydrogen) atoms. The Hall–Kier alpha value is -3.82. The predicted octanol–water partition coefficient (Wildman–Crippen LogP) is 4.29. The summed E-state index contributed by atoms with van der Waals surface area (Å²) >= 11 is 0. The molecule has 0 radical (unpaired) electrons. The normalized spacial score (nSPS) is 17.7. The molecule has 0 saturated carbocycles. The third kappa shape index (κ3) is 3.69. The van der Waals surface area contributed by atoms with Crippen LogP contribution in [-0.2, 0) is 16.8 Å². The number of amides is 1. The molecule has 1 unspecified atom stereocenters. The Morgan fingerprint density at radius 2 is 1.76 bits per heavy atom. The van der Waals surface area contributed by atoms with Crippen molar-refractivity contribution in [2.45, 2.75) is 24.2 Å². The van der Waals surface area contributed by atoms with Crippen LogP contribution in [-0.4, -0.2) is 52.6 Å². The van der Waals surface area contributed by atoms with Crippen LogP contribution < -0.4 is 10.6 Å². The highest BCUT2D eigenvalue weighted by atomic mass is 19.4. The van der Waals surface area contributed by atoms with Gasteiger partial charge in [0.25, 0.3) is 0 Å². The van der Waals surface area contributed by atoms with Gasteiger partial charge in [0, 0.05) is 60.4 Å². The second kappa shape index (κ2) is 8.64. The molecule has 6 nitrogen and oxygen atoms in total. The van der Waals surface area contributed by atoms with Gasteiger partial charge < -0.3 is 10.6 Å². The van der Waals surface area contributed by atoms with E-state index in [2.05, 4.69) is 4.98 Å². The molecule has 9 heteroatoms. The second-order valence-electron chi connectivity index (χ2n) is 9.60. The van der Waals surface area contributed by atoms with E-state index in [4.69, 9.17) is 10.7 Å². The van der Waals surface area contributed by atoms with E-state index in [1.165, 1.54) is 4.90 Å². The second-order valence-corrected chi connectivity index (χ2v) is 9.60. The van der Waals surface area contributed by atoms with Gasteiger partial charge >= 0.3 is 6.18 Å². The third-order valence-corrected chi connectivity index (χ3v) is 7.49. The van der Waals surface area contributed by atoms with Crippen LogP contribution >= 0.6 is 0 Å². The van der Waals surface area contributed by atoms with Crippen molar-refractivity contribution in [1.29, 1.82) is 0 Å². The van der Waals surface area contributed by atoms with E-state index >= 15 is 0 Å². The van der Waals surface area contributed by atoms with Gasteiger partial charge in [-0.1, -0.05) is 48.5 Å². The van der Waals surface area contributed by atoms with E-state index in [-0.39, 0.29) is 25.5 Å². The number of nitrogens with two attached hydrogens (primary N) is 1. The molecule has 1 amide bonds. The summed E-state index contributed by atoms with van der Waals surface area (Å²) in [6, 6.07) is 17.3. The van der Waals surface area contributed by atoms with Crippen LogP contribution in [0.2, 0.25) is 0 Å². The van der Waals surface area contributed by atoms with Crippen LogP contribution in [0.15, 0.2) is 79.3 Å². The first kappa shape index (κ1) is 23.6. The number of pyridine rings is 2. The molecule has 0 aliphatic carbocycles. The maximum atomic E-state index is 13.9. The molecule has 2 aromatic carbocycles. The maximum absolute atomic E-state index is 13.9. The number of benzene rings is 2. The summed E-state index contributed by atoms with van der Waals surface area (Å²) in [5.41, 5.74) is 8.34. The SMILES string of the molecule is NCC(N1CC2(C1)C(=O)N(Cc1ncc3ccccc3c1-c1cccnc1)c1ccccc12)C(F)(F)F. The van der Waals surface area contributed by atoms with Crippen molar-refractivity contribution >= 4 is 22.4 Å². The number of aromatic nitrogens is 2. The van der Waals surface area contributed by atoms with Crippen LogP contribution in [0.25, 0.3) is 21.9 Å². The van der Waals surface area contributed by atoms with Gasteiger partial charge in [-0.25, -0.2) is 0 Å².